The maximum absolute atomic E-state index is 11.9. The van der Waals surface area contributed by atoms with Crippen molar-refractivity contribution < 1.29 is 4.79 Å². The fourth-order valence-corrected chi connectivity index (χ4v) is 2.03. The molecule has 0 aromatic heterocycles. The minimum atomic E-state index is -0.292. The molecule has 2 N–H and O–H groups in total. The Kier molecular flexibility index (Phi) is 4.64. The van der Waals surface area contributed by atoms with E-state index in [0.29, 0.717) is 5.69 Å². The van der Waals surface area contributed by atoms with Crippen molar-refractivity contribution in [2.24, 2.45) is 0 Å². The highest BCUT2D eigenvalue weighted by molar-refractivity contribution is 8.03. The maximum atomic E-state index is 11.9. The Balaban J connectivity index is 1.98. The summed E-state index contributed by atoms with van der Waals surface area (Å²) in [5, 5.41) is 16.1. The van der Waals surface area contributed by atoms with Gasteiger partial charge in [0.25, 0.3) is 0 Å². The number of thioether (sulfide) groups is 1. The van der Waals surface area contributed by atoms with Crippen molar-refractivity contribution in [3.05, 3.63) is 54.1 Å². The third kappa shape index (κ3) is 3.77. The monoisotopic (exact) mass is 283 g/mol. The predicted molar refractivity (Wildman–Crippen MR) is 81.7 cm³/mol. The highest BCUT2D eigenvalue weighted by Gasteiger charge is 2.04. The number of nitrogens with zero attached hydrogens (tertiary/aromatic N) is 1. The van der Waals surface area contributed by atoms with Crippen molar-refractivity contribution in [2.45, 2.75) is 11.8 Å². The summed E-state index contributed by atoms with van der Waals surface area (Å²) in [5.41, 5.74) is 2.46. The first-order valence-electron chi connectivity index (χ1n) is 5.98. The number of aryl methyl sites for hydroxylation is 1. The lowest BCUT2D eigenvalue weighted by Crippen LogP contribution is -2.19. The molecule has 0 radical (unpaired) electrons. The van der Waals surface area contributed by atoms with Crippen molar-refractivity contribution in [3.63, 3.8) is 0 Å². The van der Waals surface area contributed by atoms with Gasteiger partial charge in [0, 0.05) is 16.3 Å². The van der Waals surface area contributed by atoms with Gasteiger partial charge in [-0.05, 0) is 54.6 Å². The summed E-state index contributed by atoms with van der Waals surface area (Å²) < 4.78 is 0. The minimum Gasteiger partial charge on any atom is -0.308 e. The summed E-state index contributed by atoms with van der Waals surface area (Å²) in [7, 11) is 0. The van der Waals surface area contributed by atoms with Gasteiger partial charge < -0.3 is 10.6 Å². The molecule has 2 aromatic carbocycles. The Morgan fingerprint density at radius 3 is 2.45 bits per heavy atom. The van der Waals surface area contributed by atoms with Crippen LogP contribution in [-0.2, 0) is 0 Å². The van der Waals surface area contributed by atoms with E-state index in [4.69, 9.17) is 5.26 Å². The van der Waals surface area contributed by atoms with Crippen LogP contribution in [0.2, 0.25) is 0 Å². The maximum Gasteiger partial charge on any atom is 0.323 e. The van der Waals surface area contributed by atoms with Gasteiger partial charge in [-0.25, -0.2) is 4.79 Å². The molecule has 100 valence electrons. The molecule has 0 aliphatic heterocycles. The normalized spacial score (nSPS) is 9.60. The number of hydrogen-bond acceptors (Lipinski definition) is 3. The van der Waals surface area contributed by atoms with E-state index >= 15 is 0 Å². The summed E-state index contributed by atoms with van der Waals surface area (Å²) in [6.07, 6.45) is 0. The van der Waals surface area contributed by atoms with Crippen molar-refractivity contribution in [2.75, 3.05) is 10.6 Å². The number of amides is 2. The molecular formula is C15H13N3OS. The number of nitriles is 1. The molecule has 0 atom stereocenters. The molecule has 0 saturated carbocycles. The second kappa shape index (κ2) is 6.64. The number of thiocyanates is 1. The first-order chi connectivity index (χ1) is 9.69. The van der Waals surface area contributed by atoms with Gasteiger partial charge >= 0.3 is 6.03 Å². The van der Waals surface area contributed by atoms with Crippen LogP contribution in [-0.4, -0.2) is 6.03 Å². The van der Waals surface area contributed by atoms with Crippen LogP contribution in [0.5, 0.6) is 0 Å². The van der Waals surface area contributed by atoms with E-state index in [1.165, 1.54) is 0 Å². The molecule has 5 heteroatoms. The molecular weight excluding hydrogens is 270 g/mol. The number of hydrogen-bond donors (Lipinski definition) is 2. The van der Waals surface area contributed by atoms with E-state index in [1.807, 2.05) is 36.6 Å². The summed E-state index contributed by atoms with van der Waals surface area (Å²) >= 11 is 1.08. The average Bonchev–Trinajstić information content (AvgIpc) is 2.44. The Hall–Kier alpha value is -2.45. The fourth-order valence-electron chi connectivity index (χ4n) is 1.66. The quantitative estimate of drug-likeness (QED) is 0.655. The van der Waals surface area contributed by atoms with Crippen molar-refractivity contribution in [3.8, 4) is 5.40 Å². The van der Waals surface area contributed by atoms with Crippen LogP contribution in [0.3, 0.4) is 0 Å². The zero-order valence-electron chi connectivity index (χ0n) is 10.9. The fraction of sp³-hybridized carbons (Fsp3) is 0.0667. The molecule has 4 nitrogen and oxygen atoms in total. The van der Waals surface area contributed by atoms with Crippen LogP contribution in [0.15, 0.2) is 53.4 Å². The minimum absolute atomic E-state index is 0.292. The van der Waals surface area contributed by atoms with Gasteiger partial charge in [0.1, 0.15) is 5.40 Å². The predicted octanol–water partition coefficient (Wildman–Crippen LogP) is 4.21. The molecule has 2 rings (SSSR count). The van der Waals surface area contributed by atoms with Gasteiger partial charge in [0.05, 0.1) is 0 Å². The Bertz CT molecular complexity index is 647. The zero-order chi connectivity index (χ0) is 14.4. The number of carbonyl (C=O) groups excluding carboxylic acids is 1. The van der Waals surface area contributed by atoms with Crippen LogP contribution in [0.4, 0.5) is 16.2 Å². The van der Waals surface area contributed by atoms with Crippen LogP contribution in [0, 0.1) is 17.6 Å². The number of para-hydroxylation sites is 1. The first-order valence-corrected chi connectivity index (χ1v) is 6.80. The number of urea groups is 1. The van der Waals surface area contributed by atoms with Gasteiger partial charge in [0.15, 0.2) is 0 Å². The van der Waals surface area contributed by atoms with Crippen molar-refractivity contribution >= 4 is 29.2 Å². The second-order valence-electron chi connectivity index (χ2n) is 4.11. The lowest BCUT2D eigenvalue weighted by Gasteiger charge is -2.09. The molecule has 0 fully saturated rings. The van der Waals surface area contributed by atoms with Crippen molar-refractivity contribution in [1.82, 2.24) is 0 Å². The van der Waals surface area contributed by atoms with Crippen LogP contribution >= 0.6 is 11.8 Å². The highest BCUT2D eigenvalue weighted by atomic mass is 32.2. The van der Waals surface area contributed by atoms with E-state index in [-0.39, 0.29) is 6.03 Å². The van der Waals surface area contributed by atoms with E-state index in [2.05, 4.69) is 10.6 Å². The molecule has 2 aromatic rings. The third-order valence-corrected chi connectivity index (χ3v) is 3.27. The van der Waals surface area contributed by atoms with Crippen LogP contribution in [0.25, 0.3) is 0 Å². The van der Waals surface area contributed by atoms with E-state index in [0.717, 1.165) is 27.9 Å². The SMILES string of the molecule is Cc1ccccc1NC(=O)Nc1ccc(SC#N)cc1. The summed E-state index contributed by atoms with van der Waals surface area (Å²) in [4.78, 5) is 12.7. The molecule has 0 saturated heterocycles. The van der Waals surface area contributed by atoms with E-state index < -0.39 is 0 Å². The molecule has 0 unspecified atom stereocenters. The topological polar surface area (TPSA) is 64.9 Å². The number of carbonyl (C=O) groups is 1. The largest absolute Gasteiger partial charge is 0.323 e. The molecule has 20 heavy (non-hydrogen) atoms. The second-order valence-corrected chi connectivity index (χ2v) is 4.97. The van der Waals surface area contributed by atoms with Gasteiger partial charge in [0.2, 0.25) is 0 Å². The average molecular weight is 283 g/mol. The molecule has 0 spiro atoms. The molecule has 0 bridgehead atoms. The van der Waals surface area contributed by atoms with Crippen LogP contribution in [0.1, 0.15) is 5.56 Å². The zero-order valence-corrected chi connectivity index (χ0v) is 11.7. The summed E-state index contributed by atoms with van der Waals surface area (Å²) in [6.45, 7) is 1.93. The Morgan fingerprint density at radius 1 is 1.10 bits per heavy atom. The van der Waals surface area contributed by atoms with Crippen LogP contribution < -0.4 is 10.6 Å². The molecule has 0 aliphatic rings. The number of anilines is 2. The number of benzene rings is 2. The standard InChI is InChI=1S/C15H13N3OS/c1-11-4-2-3-5-14(11)18-15(19)17-12-6-8-13(9-7-12)20-10-16/h2-9H,1H3,(H2,17,18,19). The van der Waals surface area contributed by atoms with E-state index in [1.54, 1.807) is 24.3 Å². The van der Waals surface area contributed by atoms with Gasteiger partial charge in [-0.15, -0.1) is 0 Å². The Labute approximate surface area is 121 Å². The van der Waals surface area contributed by atoms with Gasteiger partial charge in [-0.2, -0.15) is 5.26 Å². The first kappa shape index (κ1) is 14.0. The number of rotatable bonds is 3. The summed E-state index contributed by atoms with van der Waals surface area (Å²) in [6, 6.07) is 14.4. The number of nitrogens with one attached hydrogen (secondary N) is 2. The molecule has 0 heterocycles. The lowest BCUT2D eigenvalue weighted by molar-refractivity contribution is 0.262. The third-order valence-electron chi connectivity index (χ3n) is 2.67. The molecule has 0 aliphatic carbocycles. The smallest absolute Gasteiger partial charge is 0.308 e. The van der Waals surface area contributed by atoms with Crippen molar-refractivity contribution in [1.29, 1.82) is 5.26 Å². The summed E-state index contributed by atoms with van der Waals surface area (Å²) in [5.74, 6) is 0. The Morgan fingerprint density at radius 2 is 1.80 bits per heavy atom. The van der Waals surface area contributed by atoms with Gasteiger partial charge in [-0.3, -0.25) is 0 Å². The molecule has 2 amide bonds. The van der Waals surface area contributed by atoms with Gasteiger partial charge in [-0.1, -0.05) is 18.2 Å². The van der Waals surface area contributed by atoms with E-state index in [9.17, 15) is 4.79 Å². The lowest BCUT2D eigenvalue weighted by atomic mass is 10.2. The highest BCUT2D eigenvalue weighted by Crippen LogP contribution is 2.19.